The minimum atomic E-state index is 0.696. The summed E-state index contributed by atoms with van der Waals surface area (Å²) in [5, 5.41) is 0. The summed E-state index contributed by atoms with van der Waals surface area (Å²) in [5.41, 5.74) is 0. The van der Waals surface area contributed by atoms with E-state index in [-0.39, 0.29) is 0 Å². The molecular formula is C14H23N3O. The van der Waals surface area contributed by atoms with Crippen molar-refractivity contribution in [1.82, 2.24) is 9.80 Å². The van der Waals surface area contributed by atoms with Crippen LogP contribution in [0.4, 0.5) is 0 Å². The van der Waals surface area contributed by atoms with Gasteiger partial charge in [-0.05, 0) is 12.1 Å². The molecule has 0 N–H and O–H groups in total. The van der Waals surface area contributed by atoms with Gasteiger partial charge in [-0.25, -0.2) is 0 Å². The molecule has 4 nitrogen and oxygen atoms in total. The maximum Gasteiger partial charge on any atom is 0.195 e. The van der Waals surface area contributed by atoms with E-state index in [0.29, 0.717) is 6.61 Å². The lowest BCUT2D eigenvalue weighted by molar-refractivity contribution is 0.313. The first-order valence-electron chi connectivity index (χ1n) is 6.18. The molecule has 0 unspecified atom stereocenters. The third-order valence-corrected chi connectivity index (χ3v) is 2.37. The van der Waals surface area contributed by atoms with E-state index in [1.54, 1.807) is 0 Å². The molecule has 4 heteroatoms. The average Bonchev–Trinajstić information content (AvgIpc) is 2.34. The molecule has 1 aromatic rings. The SMILES string of the molecule is CN(C)C(=NCCCOc1ccccc1)N(C)C. The summed E-state index contributed by atoms with van der Waals surface area (Å²) >= 11 is 0. The van der Waals surface area contributed by atoms with Gasteiger partial charge < -0.3 is 14.5 Å². The lowest BCUT2D eigenvalue weighted by Crippen LogP contribution is -2.35. The maximum atomic E-state index is 5.61. The predicted molar refractivity (Wildman–Crippen MR) is 76.2 cm³/mol. The molecule has 0 bridgehead atoms. The Labute approximate surface area is 110 Å². The minimum absolute atomic E-state index is 0.696. The number of benzene rings is 1. The second-order valence-corrected chi connectivity index (χ2v) is 4.49. The van der Waals surface area contributed by atoms with Crippen LogP contribution in [0.5, 0.6) is 5.75 Å². The largest absolute Gasteiger partial charge is 0.494 e. The highest BCUT2D eigenvalue weighted by Gasteiger charge is 2.02. The van der Waals surface area contributed by atoms with E-state index in [0.717, 1.165) is 24.7 Å². The molecule has 0 aliphatic carbocycles. The van der Waals surface area contributed by atoms with Gasteiger partial charge in [-0.1, -0.05) is 18.2 Å². The predicted octanol–water partition coefficient (Wildman–Crippen LogP) is 1.93. The summed E-state index contributed by atoms with van der Waals surface area (Å²) in [6, 6.07) is 9.87. The smallest absolute Gasteiger partial charge is 0.195 e. The van der Waals surface area contributed by atoms with Crippen LogP contribution in [0.15, 0.2) is 35.3 Å². The molecule has 18 heavy (non-hydrogen) atoms. The summed E-state index contributed by atoms with van der Waals surface area (Å²) in [5.74, 6) is 1.90. The highest BCUT2D eigenvalue weighted by Crippen LogP contribution is 2.08. The summed E-state index contributed by atoms with van der Waals surface area (Å²) < 4.78 is 5.61. The number of rotatable bonds is 5. The fraction of sp³-hybridized carbons (Fsp3) is 0.500. The van der Waals surface area contributed by atoms with E-state index in [1.807, 2.05) is 68.3 Å². The maximum absolute atomic E-state index is 5.61. The molecule has 0 amide bonds. The van der Waals surface area contributed by atoms with E-state index in [2.05, 4.69) is 4.99 Å². The van der Waals surface area contributed by atoms with Crippen molar-refractivity contribution in [2.45, 2.75) is 6.42 Å². The zero-order valence-electron chi connectivity index (χ0n) is 11.8. The first kappa shape index (κ1) is 14.4. The van der Waals surface area contributed by atoms with Gasteiger partial charge in [-0.15, -0.1) is 0 Å². The number of hydrogen-bond acceptors (Lipinski definition) is 2. The standard InChI is InChI=1S/C14H23N3O/c1-16(2)14(17(3)4)15-11-8-12-18-13-9-6-5-7-10-13/h5-7,9-10H,8,11-12H2,1-4H3. The first-order chi connectivity index (χ1) is 8.61. The molecule has 0 radical (unpaired) electrons. The van der Waals surface area contributed by atoms with Crippen molar-refractivity contribution in [2.24, 2.45) is 4.99 Å². The number of para-hydroxylation sites is 1. The zero-order valence-corrected chi connectivity index (χ0v) is 11.8. The Bertz CT molecular complexity index is 351. The van der Waals surface area contributed by atoms with Gasteiger partial charge in [0.25, 0.3) is 0 Å². The molecule has 0 fully saturated rings. The van der Waals surface area contributed by atoms with Crippen LogP contribution in [0.25, 0.3) is 0 Å². The molecule has 0 saturated carbocycles. The highest BCUT2D eigenvalue weighted by molar-refractivity contribution is 5.79. The van der Waals surface area contributed by atoms with Crippen LogP contribution in [0, 0.1) is 0 Å². The Morgan fingerprint density at radius 2 is 1.67 bits per heavy atom. The van der Waals surface area contributed by atoms with Gasteiger partial charge in [0.1, 0.15) is 5.75 Å². The Balaban J connectivity index is 2.27. The average molecular weight is 249 g/mol. The van der Waals surface area contributed by atoms with Crippen molar-refractivity contribution in [3.05, 3.63) is 30.3 Å². The van der Waals surface area contributed by atoms with Crippen molar-refractivity contribution < 1.29 is 4.74 Å². The Morgan fingerprint density at radius 3 is 2.22 bits per heavy atom. The van der Waals surface area contributed by atoms with E-state index in [4.69, 9.17) is 4.74 Å². The topological polar surface area (TPSA) is 28.1 Å². The van der Waals surface area contributed by atoms with Crippen molar-refractivity contribution in [1.29, 1.82) is 0 Å². The number of nitrogens with zero attached hydrogens (tertiary/aromatic N) is 3. The zero-order chi connectivity index (χ0) is 13.4. The lowest BCUT2D eigenvalue weighted by Gasteiger charge is -2.22. The molecule has 0 saturated heterocycles. The highest BCUT2D eigenvalue weighted by atomic mass is 16.5. The molecule has 0 heterocycles. The molecule has 0 aliphatic heterocycles. The van der Waals surface area contributed by atoms with Crippen molar-refractivity contribution >= 4 is 5.96 Å². The van der Waals surface area contributed by atoms with Crippen LogP contribution < -0.4 is 4.74 Å². The van der Waals surface area contributed by atoms with Gasteiger partial charge in [-0.3, -0.25) is 4.99 Å². The summed E-state index contributed by atoms with van der Waals surface area (Å²) in [7, 11) is 8.00. The number of aliphatic imine (C=N–C) groups is 1. The number of guanidine groups is 1. The fourth-order valence-corrected chi connectivity index (χ4v) is 1.63. The Morgan fingerprint density at radius 1 is 1.06 bits per heavy atom. The monoisotopic (exact) mass is 249 g/mol. The molecule has 1 aromatic carbocycles. The summed E-state index contributed by atoms with van der Waals surface area (Å²) in [4.78, 5) is 8.57. The van der Waals surface area contributed by atoms with Crippen LogP contribution >= 0.6 is 0 Å². The molecule has 0 spiro atoms. The third-order valence-electron chi connectivity index (χ3n) is 2.37. The third kappa shape index (κ3) is 5.08. The van der Waals surface area contributed by atoms with Gasteiger partial charge in [0, 0.05) is 41.2 Å². The molecular weight excluding hydrogens is 226 g/mol. The van der Waals surface area contributed by atoms with Gasteiger partial charge in [0.05, 0.1) is 6.61 Å². The second kappa shape index (κ2) is 7.58. The summed E-state index contributed by atoms with van der Waals surface area (Å²) in [6.07, 6.45) is 0.917. The Hall–Kier alpha value is -1.71. The molecule has 100 valence electrons. The van der Waals surface area contributed by atoms with E-state index in [9.17, 15) is 0 Å². The van der Waals surface area contributed by atoms with Crippen LogP contribution in [0.3, 0.4) is 0 Å². The van der Waals surface area contributed by atoms with E-state index >= 15 is 0 Å². The molecule has 0 atom stereocenters. The minimum Gasteiger partial charge on any atom is -0.494 e. The van der Waals surface area contributed by atoms with E-state index in [1.165, 1.54) is 0 Å². The van der Waals surface area contributed by atoms with Crippen molar-refractivity contribution in [3.8, 4) is 5.75 Å². The van der Waals surface area contributed by atoms with Crippen LogP contribution in [0.2, 0.25) is 0 Å². The van der Waals surface area contributed by atoms with Gasteiger partial charge in [0.15, 0.2) is 5.96 Å². The molecule has 0 aromatic heterocycles. The lowest BCUT2D eigenvalue weighted by atomic mass is 10.3. The fourth-order valence-electron chi connectivity index (χ4n) is 1.63. The quantitative estimate of drug-likeness (QED) is 0.453. The van der Waals surface area contributed by atoms with Crippen LogP contribution in [-0.4, -0.2) is 57.1 Å². The summed E-state index contributed by atoms with van der Waals surface area (Å²) in [6.45, 7) is 1.47. The number of hydrogen-bond donors (Lipinski definition) is 0. The Kier molecular flexibility index (Phi) is 6.05. The first-order valence-corrected chi connectivity index (χ1v) is 6.18. The number of ether oxygens (including phenoxy) is 1. The van der Waals surface area contributed by atoms with Crippen molar-refractivity contribution in [3.63, 3.8) is 0 Å². The van der Waals surface area contributed by atoms with Gasteiger partial charge >= 0.3 is 0 Å². The second-order valence-electron chi connectivity index (χ2n) is 4.49. The van der Waals surface area contributed by atoms with E-state index < -0.39 is 0 Å². The normalized spacial score (nSPS) is 9.78. The van der Waals surface area contributed by atoms with Gasteiger partial charge in [0.2, 0.25) is 0 Å². The molecule has 1 rings (SSSR count). The van der Waals surface area contributed by atoms with Crippen LogP contribution in [-0.2, 0) is 0 Å². The molecule has 0 aliphatic rings. The van der Waals surface area contributed by atoms with Crippen LogP contribution in [0.1, 0.15) is 6.42 Å². The van der Waals surface area contributed by atoms with Gasteiger partial charge in [-0.2, -0.15) is 0 Å². The van der Waals surface area contributed by atoms with Crippen molar-refractivity contribution in [2.75, 3.05) is 41.3 Å².